The number of aliphatic hydroxyl groups excluding tert-OH is 2. The van der Waals surface area contributed by atoms with Crippen molar-refractivity contribution in [3.63, 3.8) is 0 Å². The molecule has 0 rings (SSSR count). The van der Waals surface area contributed by atoms with Crippen LogP contribution in [-0.2, 0) is 18.9 Å². The molecule has 0 aromatic rings. The Morgan fingerprint density at radius 2 is 1.67 bits per heavy atom. The van der Waals surface area contributed by atoms with Crippen LogP contribution in [0.4, 0.5) is 4.79 Å². The predicted octanol–water partition coefficient (Wildman–Crippen LogP) is -0.650. The maximum Gasteiger partial charge on any atom is 0.415 e. The zero-order chi connectivity index (χ0) is 13.8. The normalized spacial score (nSPS) is 12.2. The van der Waals surface area contributed by atoms with Crippen molar-refractivity contribution >= 4 is 6.09 Å². The van der Waals surface area contributed by atoms with Crippen molar-refractivity contribution in [2.75, 3.05) is 47.0 Å². The summed E-state index contributed by atoms with van der Waals surface area (Å²) in [5.74, 6) is 0. The molecule has 0 saturated heterocycles. The molecule has 2 N–H and O–H groups in total. The molecule has 0 aliphatic rings. The van der Waals surface area contributed by atoms with E-state index in [1.807, 2.05) is 0 Å². The zero-order valence-corrected chi connectivity index (χ0v) is 10.7. The number of ether oxygens (including phenoxy) is 4. The first-order chi connectivity index (χ1) is 8.65. The van der Waals surface area contributed by atoms with Crippen molar-refractivity contribution < 1.29 is 34.0 Å². The molecule has 8 nitrogen and oxygen atoms in total. The van der Waals surface area contributed by atoms with E-state index >= 15 is 0 Å². The van der Waals surface area contributed by atoms with E-state index in [2.05, 4.69) is 0 Å². The van der Waals surface area contributed by atoms with E-state index < -0.39 is 12.4 Å². The van der Waals surface area contributed by atoms with E-state index in [0.717, 1.165) is 4.90 Å². The molecular weight excluding hydrogens is 246 g/mol. The lowest BCUT2D eigenvalue weighted by atomic mass is 10.7. The lowest BCUT2D eigenvalue weighted by Crippen LogP contribution is -2.38. The summed E-state index contributed by atoms with van der Waals surface area (Å²) in [7, 11) is 1.41. The second kappa shape index (κ2) is 11.2. The highest BCUT2D eigenvalue weighted by Gasteiger charge is 2.17. The summed E-state index contributed by atoms with van der Waals surface area (Å²) in [4.78, 5) is 12.8. The summed E-state index contributed by atoms with van der Waals surface area (Å²) >= 11 is 0. The number of carbonyl (C=O) groups is 1. The molecule has 0 bridgehead atoms. The van der Waals surface area contributed by atoms with E-state index in [0.29, 0.717) is 0 Å². The standard InChI is InChI=1S/C10H21NO7/c1-9(15-2)18-10(14)11(7-16-5-3-12)8-17-6-4-13/h9,12-13H,3-8H2,1-2H3. The van der Waals surface area contributed by atoms with Gasteiger partial charge in [0, 0.05) is 7.11 Å². The summed E-state index contributed by atoms with van der Waals surface area (Å²) in [5.41, 5.74) is 0. The first kappa shape index (κ1) is 17.1. The molecule has 0 aromatic carbocycles. The fourth-order valence-corrected chi connectivity index (χ4v) is 0.886. The van der Waals surface area contributed by atoms with Gasteiger partial charge in [-0.3, -0.25) is 4.90 Å². The van der Waals surface area contributed by atoms with Crippen molar-refractivity contribution in [1.82, 2.24) is 4.90 Å². The van der Waals surface area contributed by atoms with E-state index in [-0.39, 0.29) is 39.9 Å². The molecule has 0 aliphatic carbocycles. The molecule has 1 amide bonds. The van der Waals surface area contributed by atoms with Crippen LogP contribution in [0.25, 0.3) is 0 Å². The van der Waals surface area contributed by atoms with Crippen molar-refractivity contribution in [1.29, 1.82) is 0 Å². The zero-order valence-electron chi connectivity index (χ0n) is 10.7. The average Bonchev–Trinajstić information content (AvgIpc) is 2.37. The summed E-state index contributed by atoms with van der Waals surface area (Å²) in [5, 5.41) is 17.1. The summed E-state index contributed by atoms with van der Waals surface area (Å²) < 4.78 is 19.7. The van der Waals surface area contributed by atoms with Crippen LogP contribution in [0.15, 0.2) is 0 Å². The van der Waals surface area contributed by atoms with Crippen LogP contribution in [-0.4, -0.2) is 74.5 Å². The molecule has 1 unspecified atom stereocenters. The Balaban J connectivity index is 4.11. The molecule has 0 aromatic heterocycles. The molecular formula is C10H21NO7. The fraction of sp³-hybridized carbons (Fsp3) is 0.900. The first-order valence-electron chi connectivity index (χ1n) is 5.51. The molecule has 18 heavy (non-hydrogen) atoms. The molecule has 8 heteroatoms. The summed E-state index contributed by atoms with van der Waals surface area (Å²) in [6, 6.07) is 0. The maximum absolute atomic E-state index is 11.6. The fourth-order valence-electron chi connectivity index (χ4n) is 0.886. The van der Waals surface area contributed by atoms with E-state index in [1.165, 1.54) is 7.11 Å². The summed E-state index contributed by atoms with van der Waals surface area (Å²) in [6.45, 7) is 1.32. The van der Waals surface area contributed by atoms with Gasteiger partial charge in [-0.15, -0.1) is 0 Å². The van der Waals surface area contributed by atoms with Gasteiger partial charge in [0.2, 0.25) is 6.29 Å². The molecule has 1 atom stereocenters. The molecule has 0 spiro atoms. The van der Waals surface area contributed by atoms with E-state index in [4.69, 9.17) is 29.2 Å². The largest absolute Gasteiger partial charge is 0.420 e. The van der Waals surface area contributed by atoms with Crippen LogP contribution in [0.2, 0.25) is 0 Å². The van der Waals surface area contributed by atoms with E-state index in [9.17, 15) is 4.79 Å². The Hall–Kier alpha value is -0.930. The summed E-state index contributed by atoms with van der Waals surface area (Å²) in [6.07, 6.45) is -1.35. The Labute approximate surface area is 106 Å². The van der Waals surface area contributed by atoms with Gasteiger partial charge in [-0.25, -0.2) is 4.79 Å². The second-order valence-corrected chi connectivity index (χ2v) is 3.25. The molecule has 0 fully saturated rings. The number of carbonyl (C=O) groups excluding carboxylic acids is 1. The highest BCUT2D eigenvalue weighted by molar-refractivity contribution is 5.67. The number of nitrogens with zero attached hydrogens (tertiary/aromatic N) is 1. The Morgan fingerprint density at radius 3 is 2.06 bits per heavy atom. The second-order valence-electron chi connectivity index (χ2n) is 3.25. The monoisotopic (exact) mass is 267 g/mol. The number of amides is 1. The minimum Gasteiger partial charge on any atom is -0.420 e. The Bertz CT molecular complexity index is 204. The lowest BCUT2D eigenvalue weighted by Gasteiger charge is -2.23. The number of rotatable bonds is 10. The predicted molar refractivity (Wildman–Crippen MR) is 60.6 cm³/mol. The van der Waals surface area contributed by atoms with Gasteiger partial charge >= 0.3 is 6.09 Å². The van der Waals surface area contributed by atoms with Crippen molar-refractivity contribution in [2.24, 2.45) is 0 Å². The highest BCUT2D eigenvalue weighted by Crippen LogP contribution is 2.00. The molecule has 0 heterocycles. The van der Waals surface area contributed by atoms with Gasteiger partial charge in [0.25, 0.3) is 0 Å². The van der Waals surface area contributed by atoms with Gasteiger partial charge in [-0.2, -0.15) is 0 Å². The molecule has 108 valence electrons. The van der Waals surface area contributed by atoms with Crippen LogP contribution in [0.1, 0.15) is 6.92 Å². The van der Waals surface area contributed by atoms with Crippen molar-refractivity contribution in [2.45, 2.75) is 13.2 Å². The molecule has 0 radical (unpaired) electrons. The Morgan fingerprint density at radius 1 is 1.17 bits per heavy atom. The smallest absolute Gasteiger partial charge is 0.415 e. The SMILES string of the molecule is COC(C)OC(=O)N(COCCO)COCCO. The molecule has 0 saturated carbocycles. The minimum atomic E-state index is -0.685. The average molecular weight is 267 g/mol. The van der Waals surface area contributed by atoms with Crippen molar-refractivity contribution in [3.8, 4) is 0 Å². The molecule has 0 aliphatic heterocycles. The van der Waals surface area contributed by atoms with Crippen LogP contribution < -0.4 is 0 Å². The van der Waals surface area contributed by atoms with Gasteiger partial charge in [0.1, 0.15) is 13.5 Å². The van der Waals surface area contributed by atoms with E-state index in [1.54, 1.807) is 6.92 Å². The van der Waals surface area contributed by atoms with Gasteiger partial charge in [0.05, 0.1) is 26.4 Å². The van der Waals surface area contributed by atoms with Gasteiger partial charge in [-0.1, -0.05) is 0 Å². The van der Waals surface area contributed by atoms with Crippen LogP contribution in [0.5, 0.6) is 0 Å². The van der Waals surface area contributed by atoms with Gasteiger partial charge < -0.3 is 29.2 Å². The third kappa shape index (κ3) is 8.20. The van der Waals surface area contributed by atoms with Crippen LogP contribution in [0, 0.1) is 0 Å². The first-order valence-corrected chi connectivity index (χ1v) is 5.51. The number of methoxy groups -OCH3 is 1. The number of hydrogen-bond acceptors (Lipinski definition) is 7. The van der Waals surface area contributed by atoms with Gasteiger partial charge in [0.15, 0.2) is 0 Å². The van der Waals surface area contributed by atoms with Gasteiger partial charge in [-0.05, 0) is 6.92 Å². The third-order valence-corrected chi connectivity index (χ3v) is 1.82. The topological polar surface area (TPSA) is 97.7 Å². The highest BCUT2D eigenvalue weighted by atomic mass is 16.7. The minimum absolute atomic E-state index is 0.0821. The third-order valence-electron chi connectivity index (χ3n) is 1.82. The number of hydrogen-bond donors (Lipinski definition) is 2. The number of aliphatic hydroxyl groups is 2. The lowest BCUT2D eigenvalue weighted by molar-refractivity contribution is -0.103. The quantitative estimate of drug-likeness (QED) is 0.401. The maximum atomic E-state index is 11.6. The van der Waals surface area contributed by atoms with Crippen LogP contribution in [0.3, 0.4) is 0 Å². The van der Waals surface area contributed by atoms with Crippen LogP contribution >= 0.6 is 0 Å². The Kier molecular flexibility index (Phi) is 10.6. The van der Waals surface area contributed by atoms with Crippen molar-refractivity contribution in [3.05, 3.63) is 0 Å².